The summed E-state index contributed by atoms with van der Waals surface area (Å²) < 4.78 is 5.79. The molecule has 1 aliphatic rings. The van der Waals surface area contributed by atoms with Gasteiger partial charge in [0.15, 0.2) is 0 Å². The van der Waals surface area contributed by atoms with E-state index in [0.29, 0.717) is 12.0 Å². The van der Waals surface area contributed by atoms with Gasteiger partial charge >= 0.3 is 5.97 Å². The molecule has 30 heavy (non-hydrogen) atoms. The number of nitriles is 1. The topological polar surface area (TPSA) is 62.4 Å². The molecule has 2 rings (SSSR count). The van der Waals surface area contributed by atoms with Crippen molar-refractivity contribution < 1.29 is 9.53 Å². The monoisotopic (exact) mass is 408 g/mol. The van der Waals surface area contributed by atoms with Crippen LogP contribution in [0.3, 0.4) is 0 Å². The van der Waals surface area contributed by atoms with Crippen molar-refractivity contribution in [3.63, 3.8) is 0 Å². The molecule has 0 fully saturated rings. The number of hydrogen-bond donors (Lipinski definition) is 0. The third-order valence-electron chi connectivity index (χ3n) is 5.00. The SMILES string of the molecule is Cc1ccc(C2C(C(=O)OC(C)(C)C)=C(C(C)C)N=C(CC(C)(C)C)C2C#N)cc1. The molecule has 0 amide bonds. The number of esters is 1. The van der Waals surface area contributed by atoms with Crippen molar-refractivity contribution in [1.82, 2.24) is 0 Å². The van der Waals surface area contributed by atoms with E-state index in [0.717, 1.165) is 22.5 Å². The Labute approximate surface area is 182 Å². The summed E-state index contributed by atoms with van der Waals surface area (Å²) in [6.45, 7) is 18.1. The van der Waals surface area contributed by atoms with Crippen molar-refractivity contribution in [2.24, 2.45) is 22.2 Å². The second-order valence-corrected chi connectivity index (χ2v) is 10.8. The van der Waals surface area contributed by atoms with Gasteiger partial charge < -0.3 is 4.74 Å². The number of aryl methyl sites for hydroxylation is 1. The largest absolute Gasteiger partial charge is 0.457 e. The minimum Gasteiger partial charge on any atom is -0.457 e. The molecular formula is C26H36N2O2. The number of hydrogen-bond acceptors (Lipinski definition) is 4. The van der Waals surface area contributed by atoms with Crippen molar-refractivity contribution in [2.45, 2.75) is 80.3 Å². The lowest BCUT2D eigenvalue weighted by atomic mass is 9.71. The first-order valence-electron chi connectivity index (χ1n) is 10.7. The van der Waals surface area contributed by atoms with Crippen molar-refractivity contribution in [1.29, 1.82) is 5.26 Å². The van der Waals surface area contributed by atoms with Crippen LogP contribution in [0.15, 0.2) is 40.5 Å². The number of aliphatic imine (C=N–C) groups is 1. The Morgan fingerprint density at radius 2 is 1.70 bits per heavy atom. The molecule has 0 aliphatic carbocycles. The summed E-state index contributed by atoms with van der Waals surface area (Å²) in [4.78, 5) is 18.3. The summed E-state index contributed by atoms with van der Waals surface area (Å²) in [6.07, 6.45) is 0.700. The first kappa shape index (κ1) is 23.9. The maximum atomic E-state index is 13.4. The summed E-state index contributed by atoms with van der Waals surface area (Å²) >= 11 is 0. The zero-order chi connectivity index (χ0) is 22.9. The van der Waals surface area contributed by atoms with Crippen molar-refractivity contribution in [3.8, 4) is 6.07 Å². The first-order valence-corrected chi connectivity index (χ1v) is 10.7. The number of rotatable bonds is 4. The maximum absolute atomic E-state index is 13.4. The molecule has 0 bridgehead atoms. The fraction of sp³-hybridized carbons (Fsp3) is 0.577. The van der Waals surface area contributed by atoms with Crippen LogP contribution >= 0.6 is 0 Å². The molecule has 0 saturated heterocycles. The first-order chi connectivity index (χ1) is 13.7. The second kappa shape index (κ2) is 8.76. The zero-order valence-corrected chi connectivity index (χ0v) is 20.0. The molecule has 0 radical (unpaired) electrons. The smallest absolute Gasteiger partial charge is 0.337 e. The molecule has 1 aromatic carbocycles. The fourth-order valence-corrected chi connectivity index (χ4v) is 3.78. The molecule has 1 aromatic rings. The summed E-state index contributed by atoms with van der Waals surface area (Å²) in [6, 6.07) is 10.6. The van der Waals surface area contributed by atoms with E-state index in [-0.39, 0.29) is 17.3 Å². The number of nitrogens with zero attached hydrogens (tertiary/aromatic N) is 2. The Hall–Kier alpha value is -2.41. The van der Waals surface area contributed by atoms with Gasteiger partial charge in [0, 0.05) is 11.6 Å². The molecule has 0 aromatic heterocycles. The summed E-state index contributed by atoms with van der Waals surface area (Å²) in [5.74, 6) is -1.24. The maximum Gasteiger partial charge on any atom is 0.337 e. The number of carbonyl (C=O) groups is 1. The Bertz CT molecular complexity index is 885. The van der Waals surface area contributed by atoms with Gasteiger partial charge in [-0.25, -0.2) is 4.79 Å². The van der Waals surface area contributed by atoms with Crippen molar-refractivity contribution in [2.75, 3.05) is 0 Å². The summed E-state index contributed by atoms with van der Waals surface area (Å²) in [5, 5.41) is 10.2. The lowest BCUT2D eigenvalue weighted by molar-refractivity contribution is -0.150. The molecule has 162 valence electrons. The van der Waals surface area contributed by atoms with Gasteiger partial charge in [0.2, 0.25) is 0 Å². The summed E-state index contributed by atoms with van der Waals surface area (Å²) in [5.41, 5.74) is 3.56. The number of allylic oxidation sites excluding steroid dienone is 1. The van der Waals surface area contributed by atoms with Gasteiger partial charge in [-0.15, -0.1) is 0 Å². The van der Waals surface area contributed by atoms with Crippen LogP contribution in [0.2, 0.25) is 0 Å². The average Bonchev–Trinajstić information content (AvgIpc) is 2.58. The van der Waals surface area contributed by atoms with Crippen LogP contribution in [0.1, 0.15) is 78.9 Å². The third-order valence-corrected chi connectivity index (χ3v) is 5.00. The number of ether oxygens (including phenoxy) is 1. The van der Waals surface area contributed by atoms with Crippen LogP contribution in [0.25, 0.3) is 0 Å². The van der Waals surface area contributed by atoms with E-state index in [1.807, 2.05) is 65.8 Å². The fourth-order valence-electron chi connectivity index (χ4n) is 3.78. The molecular weight excluding hydrogens is 372 g/mol. The molecule has 1 heterocycles. The van der Waals surface area contributed by atoms with Crippen molar-refractivity contribution >= 4 is 11.7 Å². The number of carbonyl (C=O) groups excluding carboxylic acids is 1. The highest BCUT2D eigenvalue weighted by Gasteiger charge is 2.42. The minimum atomic E-state index is -0.623. The van der Waals surface area contributed by atoms with Gasteiger partial charge in [-0.05, 0) is 51.0 Å². The van der Waals surface area contributed by atoms with Crippen LogP contribution in [-0.4, -0.2) is 17.3 Å². The zero-order valence-electron chi connectivity index (χ0n) is 20.0. The van der Waals surface area contributed by atoms with E-state index in [1.54, 1.807) is 0 Å². The van der Waals surface area contributed by atoms with Crippen LogP contribution in [-0.2, 0) is 9.53 Å². The van der Waals surface area contributed by atoms with E-state index in [1.165, 1.54) is 0 Å². The molecule has 0 N–H and O–H groups in total. The average molecular weight is 409 g/mol. The predicted molar refractivity (Wildman–Crippen MR) is 122 cm³/mol. The van der Waals surface area contributed by atoms with Gasteiger partial charge in [0.05, 0.1) is 23.3 Å². The highest BCUT2D eigenvalue weighted by Crippen LogP contribution is 2.43. The Kier molecular flexibility index (Phi) is 6.97. The Morgan fingerprint density at radius 3 is 2.13 bits per heavy atom. The highest BCUT2D eigenvalue weighted by molar-refractivity contribution is 5.99. The molecule has 0 spiro atoms. The van der Waals surface area contributed by atoms with Gasteiger partial charge in [0.25, 0.3) is 0 Å². The minimum absolute atomic E-state index is 0.0166. The van der Waals surface area contributed by atoms with Gasteiger partial charge in [0.1, 0.15) is 5.60 Å². The lowest BCUT2D eigenvalue weighted by Gasteiger charge is -2.35. The molecule has 2 unspecified atom stereocenters. The normalized spacial score (nSPS) is 20.1. The Balaban J connectivity index is 2.77. The Morgan fingerprint density at radius 1 is 1.13 bits per heavy atom. The molecule has 1 aliphatic heterocycles. The quantitative estimate of drug-likeness (QED) is 0.544. The second-order valence-electron chi connectivity index (χ2n) is 10.8. The molecule has 0 saturated carbocycles. The van der Waals surface area contributed by atoms with Gasteiger partial charge in [-0.2, -0.15) is 5.26 Å². The third kappa shape index (κ3) is 5.81. The van der Waals surface area contributed by atoms with E-state index < -0.39 is 17.4 Å². The van der Waals surface area contributed by atoms with E-state index in [2.05, 4.69) is 26.8 Å². The van der Waals surface area contributed by atoms with Crippen LogP contribution in [0, 0.1) is 35.5 Å². The predicted octanol–water partition coefficient (Wildman–Crippen LogP) is 6.36. The van der Waals surface area contributed by atoms with Crippen LogP contribution in [0.5, 0.6) is 0 Å². The molecule has 4 heteroatoms. The van der Waals surface area contributed by atoms with Gasteiger partial charge in [-0.1, -0.05) is 64.4 Å². The summed E-state index contributed by atoms with van der Waals surface area (Å²) in [7, 11) is 0. The standard InChI is InChI=1S/C26H36N2O2/c1-16(2)23-22(24(29)30-26(7,8)9)21(18-12-10-17(3)11-13-18)19(15-27)20(28-23)14-25(4,5)6/h10-13,16,19,21H,14H2,1-9H3. The van der Waals surface area contributed by atoms with Gasteiger partial charge in [-0.3, -0.25) is 4.99 Å². The van der Waals surface area contributed by atoms with Crippen LogP contribution < -0.4 is 0 Å². The van der Waals surface area contributed by atoms with Crippen molar-refractivity contribution in [3.05, 3.63) is 46.7 Å². The lowest BCUT2D eigenvalue weighted by Crippen LogP contribution is -2.35. The molecule has 2 atom stereocenters. The van der Waals surface area contributed by atoms with E-state index >= 15 is 0 Å². The number of benzene rings is 1. The van der Waals surface area contributed by atoms with E-state index in [9.17, 15) is 10.1 Å². The molecule has 4 nitrogen and oxygen atoms in total. The van der Waals surface area contributed by atoms with Crippen LogP contribution in [0.4, 0.5) is 0 Å². The van der Waals surface area contributed by atoms with E-state index in [4.69, 9.17) is 9.73 Å². The highest BCUT2D eigenvalue weighted by atomic mass is 16.6.